The molecule has 0 spiro atoms. The van der Waals surface area contributed by atoms with E-state index in [-0.39, 0.29) is 12.0 Å². The average Bonchev–Trinajstić information content (AvgIpc) is 2.90. The number of hydrogen-bond acceptors (Lipinski definition) is 5. The molecule has 1 aromatic rings. The number of amides is 2. The van der Waals surface area contributed by atoms with Gasteiger partial charge in [-0.25, -0.2) is 4.79 Å². The third-order valence-electron chi connectivity index (χ3n) is 4.04. The molecular weight excluding hydrogens is 370 g/mol. The van der Waals surface area contributed by atoms with Crippen molar-refractivity contribution >= 4 is 29.3 Å². The lowest BCUT2D eigenvalue weighted by molar-refractivity contribution is -0.115. The summed E-state index contributed by atoms with van der Waals surface area (Å²) in [7, 11) is 3.68. The molecule has 0 radical (unpaired) electrons. The minimum absolute atomic E-state index is 0.0351. The highest BCUT2D eigenvalue weighted by molar-refractivity contribution is 6.32. The van der Waals surface area contributed by atoms with Crippen molar-refractivity contribution < 1.29 is 19.1 Å². The van der Waals surface area contributed by atoms with Crippen molar-refractivity contribution in [2.75, 3.05) is 45.7 Å². The third kappa shape index (κ3) is 6.59. The predicted molar refractivity (Wildman–Crippen MR) is 106 cm³/mol. The molecule has 7 nitrogen and oxygen atoms in total. The van der Waals surface area contributed by atoms with Crippen LogP contribution in [0.4, 0.5) is 10.5 Å². The zero-order valence-electron chi connectivity index (χ0n) is 16.6. The molecule has 2 amide bonds. The zero-order valence-corrected chi connectivity index (χ0v) is 17.4. The maximum atomic E-state index is 11.9. The van der Waals surface area contributed by atoms with Crippen LogP contribution in [-0.4, -0.2) is 67.7 Å². The number of likely N-dealkylation sites (N-methyl/N-ethyl adjacent to an activating group) is 2. The van der Waals surface area contributed by atoms with Crippen molar-refractivity contribution in [3.8, 4) is 5.75 Å². The molecule has 0 aliphatic carbocycles. The fourth-order valence-electron chi connectivity index (χ4n) is 2.51. The Morgan fingerprint density at radius 2 is 1.93 bits per heavy atom. The summed E-state index contributed by atoms with van der Waals surface area (Å²) < 4.78 is 11.1. The van der Waals surface area contributed by atoms with Crippen molar-refractivity contribution in [2.24, 2.45) is 0 Å². The number of carbonyl (C=O) groups excluding carboxylic acids is 2. The van der Waals surface area contributed by atoms with Gasteiger partial charge >= 0.3 is 6.09 Å². The van der Waals surface area contributed by atoms with Crippen LogP contribution in [0.3, 0.4) is 0 Å². The second-order valence-electron chi connectivity index (χ2n) is 7.72. The lowest BCUT2D eigenvalue weighted by Crippen LogP contribution is -2.39. The maximum Gasteiger partial charge on any atom is 0.410 e. The molecule has 0 saturated heterocycles. The summed E-state index contributed by atoms with van der Waals surface area (Å²) in [5.74, 6) is 0.540. The molecule has 2 rings (SSSR count). The van der Waals surface area contributed by atoms with E-state index in [1.807, 2.05) is 33.9 Å². The van der Waals surface area contributed by atoms with Crippen LogP contribution in [0.1, 0.15) is 26.3 Å². The summed E-state index contributed by atoms with van der Waals surface area (Å²) in [5, 5.41) is 3.24. The molecule has 0 bridgehead atoms. The Morgan fingerprint density at radius 3 is 2.59 bits per heavy atom. The smallest absolute Gasteiger partial charge is 0.410 e. The Kier molecular flexibility index (Phi) is 6.95. The van der Waals surface area contributed by atoms with Crippen molar-refractivity contribution in [1.29, 1.82) is 0 Å². The lowest BCUT2D eigenvalue weighted by atomic mass is 10.1. The summed E-state index contributed by atoms with van der Waals surface area (Å²) in [6.45, 7) is 7.91. The Hall–Kier alpha value is -1.99. The number of rotatable bonds is 7. The van der Waals surface area contributed by atoms with Gasteiger partial charge in [-0.2, -0.15) is 0 Å². The number of benzene rings is 1. The summed E-state index contributed by atoms with van der Waals surface area (Å²) in [6, 6.07) is 3.53. The molecule has 27 heavy (non-hydrogen) atoms. The SMILES string of the molecule is CN(CCOc1cc2c(cc1Cl)NC(=O)C2)CCN(C)C(=O)OC(C)(C)C. The van der Waals surface area contributed by atoms with Crippen molar-refractivity contribution in [3.05, 3.63) is 22.7 Å². The standard InChI is InChI=1S/C19H28ClN3O4/c1-19(2,3)27-18(25)23(5)7-6-22(4)8-9-26-16-10-13-11-17(24)21-15(13)12-14(16)20/h10,12H,6-9,11H2,1-5H3,(H,21,24). The van der Waals surface area contributed by atoms with E-state index in [2.05, 4.69) is 10.2 Å². The maximum absolute atomic E-state index is 11.9. The van der Waals surface area contributed by atoms with E-state index in [4.69, 9.17) is 21.1 Å². The fraction of sp³-hybridized carbons (Fsp3) is 0.579. The van der Waals surface area contributed by atoms with Gasteiger partial charge in [-0.1, -0.05) is 11.6 Å². The van der Waals surface area contributed by atoms with Gasteiger partial charge in [0, 0.05) is 32.4 Å². The Bertz CT molecular complexity index is 703. The molecule has 1 aromatic carbocycles. The van der Waals surface area contributed by atoms with Crippen LogP contribution < -0.4 is 10.1 Å². The van der Waals surface area contributed by atoms with Crippen molar-refractivity contribution in [1.82, 2.24) is 9.80 Å². The lowest BCUT2D eigenvalue weighted by Gasteiger charge is -2.26. The predicted octanol–water partition coefficient (Wildman–Crippen LogP) is 3.01. The monoisotopic (exact) mass is 397 g/mol. The first-order valence-corrected chi connectivity index (χ1v) is 9.30. The number of carbonyl (C=O) groups is 2. The second kappa shape index (κ2) is 8.80. The number of fused-ring (bicyclic) bond motifs is 1. The van der Waals surface area contributed by atoms with E-state index >= 15 is 0 Å². The van der Waals surface area contributed by atoms with Gasteiger partial charge in [0.05, 0.1) is 11.4 Å². The van der Waals surface area contributed by atoms with E-state index in [0.29, 0.717) is 43.4 Å². The first-order chi connectivity index (χ1) is 12.5. The highest BCUT2D eigenvalue weighted by Crippen LogP contribution is 2.34. The van der Waals surface area contributed by atoms with Crippen molar-refractivity contribution in [3.63, 3.8) is 0 Å². The highest BCUT2D eigenvalue weighted by atomic mass is 35.5. The van der Waals surface area contributed by atoms with E-state index in [9.17, 15) is 9.59 Å². The molecule has 0 saturated carbocycles. The second-order valence-corrected chi connectivity index (χ2v) is 8.13. The average molecular weight is 398 g/mol. The third-order valence-corrected chi connectivity index (χ3v) is 4.33. The molecule has 150 valence electrons. The van der Waals surface area contributed by atoms with Gasteiger partial charge < -0.3 is 24.6 Å². The number of halogens is 1. The van der Waals surface area contributed by atoms with Gasteiger partial charge in [0.2, 0.25) is 5.91 Å². The van der Waals surface area contributed by atoms with Crippen LogP contribution in [0.25, 0.3) is 0 Å². The highest BCUT2D eigenvalue weighted by Gasteiger charge is 2.21. The number of nitrogens with zero attached hydrogens (tertiary/aromatic N) is 2. The zero-order chi connectivity index (χ0) is 20.2. The molecule has 0 unspecified atom stereocenters. The van der Waals surface area contributed by atoms with Crippen LogP contribution in [0.2, 0.25) is 5.02 Å². The minimum Gasteiger partial charge on any atom is -0.491 e. The number of ether oxygens (including phenoxy) is 2. The van der Waals surface area contributed by atoms with Crippen LogP contribution in [-0.2, 0) is 16.0 Å². The summed E-state index contributed by atoms with van der Waals surface area (Å²) in [6.07, 6.45) is 0.0139. The van der Waals surface area contributed by atoms with Crippen LogP contribution in [0, 0.1) is 0 Å². The van der Waals surface area contributed by atoms with Crippen molar-refractivity contribution in [2.45, 2.75) is 32.8 Å². The van der Waals surface area contributed by atoms with Gasteiger partial charge in [-0.3, -0.25) is 4.79 Å². The van der Waals surface area contributed by atoms with Crippen LogP contribution >= 0.6 is 11.6 Å². The molecule has 1 aliphatic heterocycles. The molecule has 0 aromatic heterocycles. The molecule has 0 fully saturated rings. The molecule has 1 aliphatic rings. The van der Waals surface area contributed by atoms with Crippen LogP contribution in [0.15, 0.2) is 12.1 Å². The van der Waals surface area contributed by atoms with E-state index in [1.165, 1.54) is 0 Å². The molecule has 1 heterocycles. The van der Waals surface area contributed by atoms with Gasteiger partial charge in [-0.05, 0) is 45.5 Å². The Morgan fingerprint density at radius 1 is 1.22 bits per heavy atom. The molecule has 1 N–H and O–H groups in total. The number of anilines is 1. The first kappa shape index (κ1) is 21.3. The normalized spacial score (nSPS) is 13.4. The van der Waals surface area contributed by atoms with E-state index < -0.39 is 5.60 Å². The number of hydrogen-bond donors (Lipinski definition) is 1. The largest absolute Gasteiger partial charge is 0.491 e. The fourth-order valence-corrected chi connectivity index (χ4v) is 2.73. The minimum atomic E-state index is -0.500. The van der Waals surface area contributed by atoms with Gasteiger partial charge in [0.15, 0.2) is 0 Å². The molecule has 0 atom stereocenters. The Balaban J connectivity index is 1.74. The van der Waals surface area contributed by atoms with Crippen LogP contribution in [0.5, 0.6) is 5.75 Å². The van der Waals surface area contributed by atoms with Gasteiger partial charge in [-0.15, -0.1) is 0 Å². The first-order valence-electron chi connectivity index (χ1n) is 8.93. The topological polar surface area (TPSA) is 71.1 Å². The molecule has 8 heteroatoms. The van der Waals surface area contributed by atoms with E-state index in [0.717, 1.165) is 11.3 Å². The van der Waals surface area contributed by atoms with E-state index in [1.54, 1.807) is 18.0 Å². The molecular formula is C19H28ClN3O4. The number of nitrogens with one attached hydrogen (secondary N) is 1. The summed E-state index contributed by atoms with van der Waals surface area (Å²) >= 11 is 6.21. The quantitative estimate of drug-likeness (QED) is 0.765. The van der Waals surface area contributed by atoms with Gasteiger partial charge in [0.25, 0.3) is 0 Å². The summed E-state index contributed by atoms with van der Waals surface area (Å²) in [5.41, 5.74) is 1.15. The Labute approximate surface area is 165 Å². The van der Waals surface area contributed by atoms with Gasteiger partial charge in [0.1, 0.15) is 18.0 Å². The summed E-state index contributed by atoms with van der Waals surface area (Å²) in [4.78, 5) is 27.0.